The molecule has 0 aromatic rings. The molecule has 0 radical (unpaired) electrons. The van der Waals surface area contributed by atoms with E-state index in [9.17, 15) is 5.11 Å². The van der Waals surface area contributed by atoms with Crippen LogP contribution in [0.4, 0.5) is 0 Å². The van der Waals surface area contributed by atoms with Crippen molar-refractivity contribution in [3.63, 3.8) is 0 Å². The van der Waals surface area contributed by atoms with Crippen LogP contribution in [0.5, 0.6) is 0 Å². The van der Waals surface area contributed by atoms with E-state index >= 15 is 0 Å². The molecule has 9 heavy (non-hydrogen) atoms. The van der Waals surface area contributed by atoms with Crippen LogP contribution in [0.25, 0.3) is 0 Å². The van der Waals surface area contributed by atoms with E-state index in [1.807, 2.05) is 6.92 Å². The fourth-order valence-corrected chi connectivity index (χ4v) is 0.330. The van der Waals surface area contributed by atoms with Crippen LogP contribution in [-0.4, -0.2) is 17.3 Å². The highest BCUT2D eigenvalue weighted by Crippen LogP contribution is 2.04. The van der Waals surface area contributed by atoms with Gasteiger partial charge in [0.1, 0.15) is 5.60 Å². The zero-order chi connectivity index (χ0) is 7.33. The number of rotatable bonds is 1. The minimum Gasteiger partial charge on any atom is -0.378 e. The van der Waals surface area contributed by atoms with Crippen molar-refractivity contribution >= 4 is 0 Å². The summed E-state index contributed by atoms with van der Waals surface area (Å²) >= 11 is 0. The Kier molecular flexibility index (Phi) is 3.29. The predicted octanol–water partition coefficient (Wildman–Crippen LogP) is 0.110. The van der Waals surface area contributed by atoms with Gasteiger partial charge in [0.05, 0.1) is 6.54 Å². The molecule has 0 aromatic heterocycles. The Bertz CT molecular complexity index is 130. The summed E-state index contributed by atoms with van der Waals surface area (Å²) in [5.74, 6) is 5.26. The lowest BCUT2D eigenvalue weighted by molar-refractivity contribution is 0.118. The first kappa shape index (κ1) is 8.48. The van der Waals surface area contributed by atoms with Gasteiger partial charge in [-0.25, -0.2) is 0 Å². The highest BCUT2D eigenvalue weighted by atomic mass is 16.3. The van der Waals surface area contributed by atoms with Gasteiger partial charge in [-0.3, -0.25) is 0 Å². The van der Waals surface area contributed by atoms with Crippen molar-refractivity contribution in [2.45, 2.75) is 25.9 Å². The SMILES string of the molecule is CCC(C)(O)C#CCN. The van der Waals surface area contributed by atoms with Crippen LogP contribution in [0.3, 0.4) is 0 Å². The summed E-state index contributed by atoms with van der Waals surface area (Å²) in [6.07, 6.45) is 0.639. The van der Waals surface area contributed by atoms with Crippen molar-refractivity contribution in [1.29, 1.82) is 0 Å². The summed E-state index contributed by atoms with van der Waals surface area (Å²) in [7, 11) is 0. The Labute approximate surface area is 56.1 Å². The second kappa shape index (κ2) is 3.49. The molecule has 1 atom stereocenters. The third-order valence-corrected chi connectivity index (χ3v) is 1.15. The van der Waals surface area contributed by atoms with Crippen LogP contribution < -0.4 is 5.73 Å². The van der Waals surface area contributed by atoms with Crippen molar-refractivity contribution in [2.24, 2.45) is 5.73 Å². The van der Waals surface area contributed by atoms with E-state index in [0.29, 0.717) is 13.0 Å². The van der Waals surface area contributed by atoms with E-state index in [1.165, 1.54) is 0 Å². The maximum atomic E-state index is 9.23. The Morgan fingerprint density at radius 3 is 2.56 bits per heavy atom. The molecule has 0 aliphatic rings. The molecule has 2 heteroatoms. The molecule has 0 aromatic carbocycles. The lowest BCUT2D eigenvalue weighted by Gasteiger charge is -2.11. The Balaban J connectivity index is 3.84. The average Bonchev–Trinajstić information content (AvgIpc) is 1.84. The molecule has 0 saturated heterocycles. The van der Waals surface area contributed by atoms with Gasteiger partial charge >= 0.3 is 0 Å². The predicted molar refractivity (Wildman–Crippen MR) is 37.7 cm³/mol. The lowest BCUT2D eigenvalue weighted by Crippen LogP contribution is -2.19. The Morgan fingerprint density at radius 2 is 2.22 bits per heavy atom. The minimum atomic E-state index is -0.848. The van der Waals surface area contributed by atoms with E-state index in [0.717, 1.165) is 0 Å². The van der Waals surface area contributed by atoms with Crippen LogP contribution in [-0.2, 0) is 0 Å². The second-order valence-electron chi connectivity index (χ2n) is 2.13. The third kappa shape index (κ3) is 4.01. The maximum Gasteiger partial charge on any atom is 0.122 e. The Hall–Kier alpha value is -0.520. The van der Waals surface area contributed by atoms with Crippen LogP contribution in [0.1, 0.15) is 20.3 Å². The summed E-state index contributed by atoms with van der Waals surface area (Å²) in [6.45, 7) is 3.87. The molecule has 0 aliphatic heterocycles. The van der Waals surface area contributed by atoms with Gasteiger partial charge in [0.2, 0.25) is 0 Å². The molecule has 0 saturated carbocycles. The molecule has 0 bridgehead atoms. The first-order chi connectivity index (χ1) is 4.12. The third-order valence-electron chi connectivity index (χ3n) is 1.15. The first-order valence-corrected chi connectivity index (χ1v) is 3.05. The van der Waals surface area contributed by atoms with Crippen LogP contribution >= 0.6 is 0 Å². The zero-order valence-corrected chi connectivity index (χ0v) is 5.94. The van der Waals surface area contributed by atoms with Crippen molar-refractivity contribution in [3.8, 4) is 11.8 Å². The minimum absolute atomic E-state index is 0.316. The highest BCUT2D eigenvalue weighted by molar-refractivity contribution is 5.11. The number of hydrogen-bond donors (Lipinski definition) is 2. The Morgan fingerprint density at radius 1 is 1.67 bits per heavy atom. The molecule has 0 amide bonds. The maximum absolute atomic E-state index is 9.23. The normalized spacial score (nSPS) is 15.6. The van der Waals surface area contributed by atoms with Crippen molar-refractivity contribution in [2.75, 3.05) is 6.54 Å². The van der Waals surface area contributed by atoms with Crippen LogP contribution in [0, 0.1) is 11.8 Å². The van der Waals surface area contributed by atoms with Crippen molar-refractivity contribution in [1.82, 2.24) is 0 Å². The zero-order valence-electron chi connectivity index (χ0n) is 5.94. The topological polar surface area (TPSA) is 46.2 Å². The smallest absolute Gasteiger partial charge is 0.122 e. The summed E-state index contributed by atoms with van der Waals surface area (Å²) in [4.78, 5) is 0. The molecular formula is C7H13NO. The molecule has 0 aliphatic carbocycles. The quantitative estimate of drug-likeness (QED) is 0.491. The van der Waals surface area contributed by atoms with Crippen LogP contribution in [0.15, 0.2) is 0 Å². The van der Waals surface area contributed by atoms with E-state index < -0.39 is 5.60 Å². The standard InChI is InChI=1S/C7H13NO/c1-3-7(2,9)5-4-6-8/h9H,3,6,8H2,1-2H3. The van der Waals surface area contributed by atoms with Gasteiger partial charge < -0.3 is 10.8 Å². The first-order valence-electron chi connectivity index (χ1n) is 3.05. The lowest BCUT2D eigenvalue weighted by atomic mass is 10.1. The molecule has 1 unspecified atom stereocenters. The van der Waals surface area contributed by atoms with Gasteiger partial charge in [0, 0.05) is 0 Å². The van der Waals surface area contributed by atoms with Gasteiger partial charge in [-0.1, -0.05) is 18.8 Å². The van der Waals surface area contributed by atoms with Crippen LogP contribution in [0.2, 0.25) is 0 Å². The van der Waals surface area contributed by atoms with Gasteiger partial charge in [-0.05, 0) is 13.3 Å². The average molecular weight is 127 g/mol. The molecule has 0 heterocycles. The van der Waals surface area contributed by atoms with Crippen molar-refractivity contribution < 1.29 is 5.11 Å². The second-order valence-corrected chi connectivity index (χ2v) is 2.13. The van der Waals surface area contributed by atoms with Gasteiger partial charge in [-0.2, -0.15) is 0 Å². The molecule has 52 valence electrons. The number of nitrogens with two attached hydrogens (primary N) is 1. The molecule has 0 rings (SSSR count). The fraction of sp³-hybridized carbons (Fsp3) is 0.714. The molecular weight excluding hydrogens is 114 g/mol. The van der Waals surface area contributed by atoms with E-state index in [-0.39, 0.29) is 0 Å². The van der Waals surface area contributed by atoms with E-state index in [2.05, 4.69) is 11.8 Å². The van der Waals surface area contributed by atoms with E-state index in [4.69, 9.17) is 5.73 Å². The number of aliphatic hydroxyl groups is 1. The summed E-state index contributed by atoms with van der Waals surface area (Å²) in [5.41, 5.74) is 4.26. The largest absolute Gasteiger partial charge is 0.378 e. The molecule has 0 spiro atoms. The summed E-state index contributed by atoms with van der Waals surface area (Å²) in [6, 6.07) is 0. The number of hydrogen-bond acceptors (Lipinski definition) is 2. The monoisotopic (exact) mass is 127 g/mol. The summed E-state index contributed by atoms with van der Waals surface area (Å²) < 4.78 is 0. The molecule has 3 N–H and O–H groups in total. The molecule has 0 fully saturated rings. The van der Waals surface area contributed by atoms with Gasteiger partial charge in [0.15, 0.2) is 0 Å². The fourth-order valence-electron chi connectivity index (χ4n) is 0.330. The highest BCUT2D eigenvalue weighted by Gasteiger charge is 2.11. The van der Waals surface area contributed by atoms with Crippen molar-refractivity contribution in [3.05, 3.63) is 0 Å². The van der Waals surface area contributed by atoms with Gasteiger partial charge in [0.25, 0.3) is 0 Å². The van der Waals surface area contributed by atoms with Gasteiger partial charge in [-0.15, -0.1) is 0 Å². The molecule has 2 nitrogen and oxygen atoms in total. The van der Waals surface area contributed by atoms with E-state index in [1.54, 1.807) is 6.92 Å². The summed E-state index contributed by atoms with van der Waals surface area (Å²) in [5, 5.41) is 9.23.